The molecule has 0 spiro atoms. The minimum Gasteiger partial charge on any atom is -0.493 e. The van der Waals surface area contributed by atoms with Crippen LogP contribution in [0.25, 0.3) is 10.9 Å². The van der Waals surface area contributed by atoms with Crippen molar-refractivity contribution in [2.75, 3.05) is 20.8 Å². The van der Waals surface area contributed by atoms with Gasteiger partial charge in [0.15, 0.2) is 11.5 Å². The molecular formula is C19H18Cl2N2O3. The van der Waals surface area contributed by atoms with Gasteiger partial charge in [0, 0.05) is 28.7 Å². The van der Waals surface area contributed by atoms with E-state index in [2.05, 4.69) is 10.3 Å². The third kappa shape index (κ3) is 3.74. The Balaban J connectivity index is 1.68. The summed E-state index contributed by atoms with van der Waals surface area (Å²) in [6.07, 6.45) is 2.53. The first kappa shape index (κ1) is 18.4. The van der Waals surface area contributed by atoms with Crippen molar-refractivity contribution in [2.45, 2.75) is 6.42 Å². The molecule has 0 saturated heterocycles. The molecule has 0 saturated carbocycles. The number of nitrogens with one attached hydrogen (secondary N) is 2. The fraction of sp³-hybridized carbons (Fsp3) is 0.211. The molecule has 0 fully saturated rings. The van der Waals surface area contributed by atoms with Crippen molar-refractivity contribution < 1.29 is 14.3 Å². The number of hydrogen-bond acceptors (Lipinski definition) is 3. The maximum atomic E-state index is 12.4. The highest BCUT2D eigenvalue weighted by atomic mass is 35.5. The minimum absolute atomic E-state index is 0.179. The van der Waals surface area contributed by atoms with Gasteiger partial charge in [-0.25, -0.2) is 0 Å². The van der Waals surface area contributed by atoms with Crippen molar-refractivity contribution >= 4 is 40.0 Å². The van der Waals surface area contributed by atoms with Gasteiger partial charge in [0.2, 0.25) is 0 Å². The second-order valence-electron chi connectivity index (χ2n) is 5.70. The summed E-state index contributed by atoms with van der Waals surface area (Å²) in [7, 11) is 3.09. The number of methoxy groups -OCH3 is 2. The third-order valence-electron chi connectivity index (χ3n) is 4.12. The van der Waals surface area contributed by atoms with Crippen LogP contribution in [0.3, 0.4) is 0 Å². The summed E-state index contributed by atoms with van der Waals surface area (Å²) in [5.74, 6) is 0.916. The van der Waals surface area contributed by atoms with Crippen LogP contribution in [0.1, 0.15) is 15.9 Å². The number of carbonyl (C=O) groups is 1. The molecule has 3 aromatic rings. The summed E-state index contributed by atoms with van der Waals surface area (Å²) in [5.41, 5.74) is 2.39. The molecule has 1 heterocycles. The van der Waals surface area contributed by atoms with E-state index in [9.17, 15) is 4.79 Å². The topological polar surface area (TPSA) is 63.3 Å². The summed E-state index contributed by atoms with van der Waals surface area (Å²) in [6, 6.07) is 8.62. The fourth-order valence-corrected chi connectivity index (χ4v) is 3.36. The van der Waals surface area contributed by atoms with Gasteiger partial charge in [-0.2, -0.15) is 0 Å². The van der Waals surface area contributed by atoms with Gasteiger partial charge >= 0.3 is 0 Å². The summed E-state index contributed by atoms with van der Waals surface area (Å²) in [6.45, 7) is 0.476. The smallest absolute Gasteiger partial charge is 0.251 e. The first-order valence-corrected chi connectivity index (χ1v) is 8.74. The lowest BCUT2D eigenvalue weighted by molar-refractivity contribution is 0.0953. The number of halogens is 2. The predicted molar refractivity (Wildman–Crippen MR) is 104 cm³/mol. The molecule has 2 N–H and O–H groups in total. The third-order valence-corrected chi connectivity index (χ3v) is 4.63. The number of ether oxygens (including phenoxy) is 2. The minimum atomic E-state index is -0.179. The van der Waals surface area contributed by atoms with Gasteiger partial charge in [-0.05, 0) is 42.3 Å². The maximum absolute atomic E-state index is 12.4. The molecule has 3 rings (SSSR count). The first-order chi connectivity index (χ1) is 12.5. The molecule has 0 aliphatic heterocycles. The number of hydrogen-bond donors (Lipinski definition) is 2. The van der Waals surface area contributed by atoms with E-state index in [-0.39, 0.29) is 5.91 Å². The molecule has 0 aliphatic rings. The van der Waals surface area contributed by atoms with Crippen LogP contribution in [0, 0.1) is 0 Å². The van der Waals surface area contributed by atoms with Crippen molar-refractivity contribution in [3.05, 3.63) is 57.7 Å². The molecule has 1 amide bonds. The SMILES string of the molecule is COc1ccc(C(=O)NCCc2c[nH]c3c(Cl)cc(Cl)cc23)cc1OC. The average molecular weight is 393 g/mol. The average Bonchev–Trinajstić information content (AvgIpc) is 3.04. The maximum Gasteiger partial charge on any atom is 0.251 e. The number of aromatic amines is 1. The largest absolute Gasteiger partial charge is 0.493 e. The monoisotopic (exact) mass is 392 g/mol. The van der Waals surface area contributed by atoms with Crippen LogP contribution in [0.5, 0.6) is 11.5 Å². The molecule has 0 radical (unpaired) electrons. The molecule has 7 heteroatoms. The number of carbonyl (C=O) groups excluding carboxylic acids is 1. The van der Waals surface area contributed by atoms with Crippen LogP contribution >= 0.6 is 23.2 Å². The molecule has 0 atom stereocenters. The van der Waals surface area contributed by atoms with Crippen LogP contribution in [0.4, 0.5) is 0 Å². The zero-order valence-electron chi connectivity index (χ0n) is 14.4. The summed E-state index contributed by atoms with van der Waals surface area (Å²) >= 11 is 12.3. The van der Waals surface area contributed by atoms with Gasteiger partial charge in [-0.15, -0.1) is 0 Å². The standard InChI is InChI=1S/C19H18Cl2N2O3/c1-25-16-4-3-11(7-17(16)26-2)19(24)22-6-5-12-10-23-18-14(12)8-13(20)9-15(18)21/h3-4,7-10,23H,5-6H2,1-2H3,(H,22,24). The van der Waals surface area contributed by atoms with Gasteiger partial charge in [0.05, 0.1) is 24.8 Å². The Morgan fingerprint density at radius 3 is 2.62 bits per heavy atom. The molecule has 26 heavy (non-hydrogen) atoms. The fourth-order valence-electron chi connectivity index (χ4n) is 2.81. The lowest BCUT2D eigenvalue weighted by Gasteiger charge is -2.10. The Labute approximate surface area is 161 Å². The number of fused-ring (bicyclic) bond motifs is 1. The molecule has 0 bridgehead atoms. The zero-order valence-corrected chi connectivity index (χ0v) is 15.9. The van der Waals surface area contributed by atoms with E-state index in [0.29, 0.717) is 40.1 Å². The van der Waals surface area contributed by atoms with Gasteiger partial charge in [0.25, 0.3) is 5.91 Å². The molecule has 5 nitrogen and oxygen atoms in total. The molecule has 136 valence electrons. The molecule has 0 aliphatic carbocycles. The number of aromatic nitrogens is 1. The second-order valence-corrected chi connectivity index (χ2v) is 6.54. The molecule has 0 unspecified atom stereocenters. The van der Waals surface area contributed by atoms with E-state index in [1.807, 2.05) is 12.3 Å². The van der Waals surface area contributed by atoms with Crippen molar-refractivity contribution in [3.8, 4) is 11.5 Å². The van der Waals surface area contributed by atoms with E-state index >= 15 is 0 Å². The summed E-state index contributed by atoms with van der Waals surface area (Å²) in [4.78, 5) is 15.5. The van der Waals surface area contributed by atoms with Crippen LogP contribution in [-0.4, -0.2) is 31.7 Å². The van der Waals surface area contributed by atoms with E-state index in [0.717, 1.165) is 16.5 Å². The van der Waals surface area contributed by atoms with Gasteiger partial charge in [-0.1, -0.05) is 23.2 Å². The van der Waals surface area contributed by atoms with Crippen molar-refractivity contribution in [1.29, 1.82) is 0 Å². The van der Waals surface area contributed by atoms with Gasteiger partial charge in [0.1, 0.15) is 0 Å². The number of rotatable bonds is 6. The number of H-pyrrole nitrogens is 1. The van der Waals surface area contributed by atoms with Crippen molar-refractivity contribution in [2.24, 2.45) is 0 Å². The Morgan fingerprint density at radius 1 is 1.12 bits per heavy atom. The normalized spacial score (nSPS) is 10.8. The second kappa shape index (κ2) is 7.89. The highest BCUT2D eigenvalue weighted by Crippen LogP contribution is 2.30. The number of benzene rings is 2. The quantitative estimate of drug-likeness (QED) is 0.650. The van der Waals surface area contributed by atoms with E-state index in [4.69, 9.17) is 32.7 Å². The predicted octanol–water partition coefficient (Wildman–Crippen LogP) is 4.46. The van der Waals surface area contributed by atoms with E-state index in [1.54, 1.807) is 31.4 Å². The van der Waals surface area contributed by atoms with Crippen LogP contribution in [0.2, 0.25) is 10.0 Å². The summed E-state index contributed by atoms with van der Waals surface area (Å²) in [5, 5.41) is 5.02. The van der Waals surface area contributed by atoms with Crippen LogP contribution in [-0.2, 0) is 6.42 Å². The highest BCUT2D eigenvalue weighted by Gasteiger charge is 2.12. The Bertz CT molecular complexity index is 953. The molecular weight excluding hydrogens is 375 g/mol. The lowest BCUT2D eigenvalue weighted by Crippen LogP contribution is -2.25. The Morgan fingerprint density at radius 2 is 1.88 bits per heavy atom. The van der Waals surface area contributed by atoms with Gasteiger partial charge in [-0.3, -0.25) is 4.79 Å². The van der Waals surface area contributed by atoms with Crippen molar-refractivity contribution in [1.82, 2.24) is 10.3 Å². The number of amides is 1. The molecule has 1 aromatic heterocycles. The van der Waals surface area contributed by atoms with Crippen molar-refractivity contribution in [3.63, 3.8) is 0 Å². The first-order valence-electron chi connectivity index (χ1n) is 7.98. The van der Waals surface area contributed by atoms with Crippen LogP contribution in [0.15, 0.2) is 36.5 Å². The molecule has 2 aromatic carbocycles. The van der Waals surface area contributed by atoms with Gasteiger partial charge < -0.3 is 19.8 Å². The lowest BCUT2D eigenvalue weighted by atomic mass is 10.1. The zero-order chi connectivity index (χ0) is 18.7. The Hall–Kier alpha value is -2.37. The van der Waals surface area contributed by atoms with E-state index < -0.39 is 0 Å². The van der Waals surface area contributed by atoms with E-state index in [1.165, 1.54) is 7.11 Å². The Kier molecular flexibility index (Phi) is 5.59. The summed E-state index contributed by atoms with van der Waals surface area (Å²) < 4.78 is 10.4. The highest BCUT2D eigenvalue weighted by molar-refractivity contribution is 6.38. The van der Waals surface area contributed by atoms with Crippen LogP contribution < -0.4 is 14.8 Å².